The van der Waals surface area contributed by atoms with Crippen molar-refractivity contribution in [3.63, 3.8) is 0 Å². The molecule has 0 saturated carbocycles. The predicted octanol–water partition coefficient (Wildman–Crippen LogP) is 3.73. The van der Waals surface area contributed by atoms with Crippen molar-refractivity contribution in [2.75, 3.05) is 11.5 Å². The summed E-state index contributed by atoms with van der Waals surface area (Å²) in [6.45, 7) is 2.24. The molecule has 84 valence electrons. The van der Waals surface area contributed by atoms with Gasteiger partial charge >= 0.3 is 0 Å². The molecule has 0 atom stereocenters. The fraction of sp³-hybridized carbons (Fsp3) is 0.583. The molecule has 1 heterocycles. The molecule has 0 aliphatic carbocycles. The lowest BCUT2D eigenvalue weighted by atomic mass is 10.2. The quantitative estimate of drug-likeness (QED) is 0.566. The van der Waals surface area contributed by atoms with Gasteiger partial charge in [-0.3, -0.25) is 0 Å². The highest BCUT2D eigenvalue weighted by molar-refractivity contribution is 7.99. The number of hydrogen-bond acceptors (Lipinski definition) is 3. The summed E-state index contributed by atoms with van der Waals surface area (Å²) in [5.41, 5.74) is 5.52. The zero-order chi connectivity index (χ0) is 10.9. The van der Waals surface area contributed by atoms with Crippen LogP contribution in [0.15, 0.2) is 23.2 Å². The van der Waals surface area contributed by atoms with Crippen LogP contribution < -0.4 is 5.73 Å². The Labute approximate surface area is 96.7 Å². The number of hydrogen-bond donors (Lipinski definition) is 1. The van der Waals surface area contributed by atoms with Crippen LogP contribution in [0.4, 0.5) is 5.82 Å². The SMILES string of the molecule is CCCCCCCSc1ccc(N)nc1. The summed E-state index contributed by atoms with van der Waals surface area (Å²) in [7, 11) is 0. The maximum Gasteiger partial charge on any atom is 0.123 e. The fourth-order valence-electron chi connectivity index (χ4n) is 1.37. The number of nitrogen functional groups attached to an aromatic ring is 1. The molecule has 0 radical (unpaired) electrons. The standard InChI is InChI=1S/C12H20N2S/c1-2-3-4-5-6-9-15-11-7-8-12(13)14-10-11/h7-8,10H,2-6,9H2,1H3,(H2,13,14). The first-order valence-electron chi connectivity index (χ1n) is 5.67. The normalized spacial score (nSPS) is 10.5. The van der Waals surface area contributed by atoms with Gasteiger partial charge in [-0.15, -0.1) is 11.8 Å². The van der Waals surface area contributed by atoms with Crippen LogP contribution in [0.1, 0.15) is 39.0 Å². The van der Waals surface area contributed by atoms with E-state index in [-0.39, 0.29) is 0 Å². The Balaban J connectivity index is 2.07. The molecule has 1 aromatic heterocycles. The van der Waals surface area contributed by atoms with E-state index < -0.39 is 0 Å². The third-order valence-corrected chi connectivity index (χ3v) is 3.34. The molecule has 3 heteroatoms. The molecule has 0 spiro atoms. The van der Waals surface area contributed by atoms with Crippen molar-refractivity contribution in [3.05, 3.63) is 18.3 Å². The van der Waals surface area contributed by atoms with Crippen LogP contribution >= 0.6 is 11.8 Å². The second kappa shape index (κ2) is 7.57. The Kier molecular flexibility index (Phi) is 6.25. The average molecular weight is 224 g/mol. The zero-order valence-electron chi connectivity index (χ0n) is 9.41. The number of thioether (sulfide) groups is 1. The topological polar surface area (TPSA) is 38.9 Å². The molecule has 15 heavy (non-hydrogen) atoms. The van der Waals surface area contributed by atoms with E-state index in [9.17, 15) is 0 Å². The maximum atomic E-state index is 5.52. The first-order valence-corrected chi connectivity index (χ1v) is 6.66. The van der Waals surface area contributed by atoms with E-state index in [1.165, 1.54) is 42.8 Å². The molecule has 1 rings (SSSR count). The second-order valence-corrected chi connectivity index (χ2v) is 4.85. The van der Waals surface area contributed by atoms with Gasteiger partial charge in [0, 0.05) is 11.1 Å². The second-order valence-electron chi connectivity index (χ2n) is 3.68. The van der Waals surface area contributed by atoms with Crippen molar-refractivity contribution in [2.45, 2.75) is 43.9 Å². The van der Waals surface area contributed by atoms with E-state index in [1.807, 2.05) is 30.1 Å². The lowest BCUT2D eigenvalue weighted by Gasteiger charge is -2.01. The molecule has 0 amide bonds. The summed E-state index contributed by atoms with van der Waals surface area (Å²) in [5.74, 6) is 1.79. The Morgan fingerprint density at radius 1 is 1.20 bits per heavy atom. The number of nitrogens with two attached hydrogens (primary N) is 1. The van der Waals surface area contributed by atoms with Gasteiger partial charge in [-0.1, -0.05) is 32.6 Å². The maximum absolute atomic E-state index is 5.52. The van der Waals surface area contributed by atoms with E-state index in [4.69, 9.17) is 5.73 Å². The average Bonchev–Trinajstić information content (AvgIpc) is 2.26. The van der Waals surface area contributed by atoms with E-state index in [2.05, 4.69) is 11.9 Å². The highest BCUT2D eigenvalue weighted by Gasteiger charge is 1.94. The van der Waals surface area contributed by atoms with Gasteiger partial charge in [0.2, 0.25) is 0 Å². The number of nitrogens with zero attached hydrogens (tertiary/aromatic N) is 1. The van der Waals surface area contributed by atoms with Gasteiger partial charge in [0.15, 0.2) is 0 Å². The molecule has 0 saturated heterocycles. The van der Waals surface area contributed by atoms with Crippen molar-refractivity contribution in [2.24, 2.45) is 0 Å². The van der Waals surface area contributed by atoms with Gasteiger partial charge in [0.1, 0.15) is 5.82 Å². The molecule has 0 unspecified atom stereocenters. The molecule has 0 bridgehead atoms. The van der Waals surface area contributed by atoms with Crippen molar-refractivity contribution in [1.29, 1.82) is 0 Å². The highest BCUT2D eigenvalue weighted by Crippen LogP contribution is 2.19. The van der Waals surface area contributed by atoms with Crippen LogP contribution in [-0.2, 0) is 0 Å². The monoisotopic (exact) mass is 224 g/mol. The molecule has 0 aliphatic heterocycles. The summed E-state index contributed by atoms with van der Waals surface area (Å²) in [6, 6.07) is 3.90. The Hall–Kier alpha value is -0.700. The summed E-state index contributed by atoms with van der Waals surface area (Å²) < 4.78 is 0. The highest BCUT2D eigenvalue weighted by atomic mass is 32.2. The summed E-state index contributed by atoms with van der Waals surface area (Å²) in [4.78, 5) is 5.29. The number of rotatable bonds is 7. The molecule has 2 nitrogen and oxygen atoms in total. The van der Waals surface area contributed by atoms with Crippen LogP contribution in [0.5, 0.6) is 0 Å². The lowest BCUT2D eigenvalue weighted by molar-refractivity contribution is 0.659. The van der Waals surface area contributed by atoms with Gasteiger partial charge in [0.05, 0.1) is 0 Å². The van der Waals surface area contributed by atoms with Crippen molar-refractivity contribution in [3.8, 4) is 0 Å². The van der Waals surface area contributed by atoms with Crippen molar-refractivity contribution in [1.82, 2.24) is 4.98 Å². The van der Waals surface area contributed by atoms with Gasteiger partial charge in [0.25, 0.3) is 0 Å². The van der Waals surface area contributed by atoms with E-state index in [0.717, 1.165) is 0 Å². The smallest absolute Gasteiger partial charge is 0.123 e. The zero-order valence-corrected chi connectivity index (χ0v) is 10.2. The van der Waals surface area contributed by atoms with Crippen LogP contribution in [-0.4, -0.2) is 10.7 Å². The lowest BCUT2D eigenvalue weighted by Crippen LogP contribution is -1.88. The number of pyridine rings is 1. The molecular formula is C12H20N2S. The number of unbranched alkanes of at least 4 members (excludes halogenated alkanes) is 4. The summed E-state index contributed by atoms with van der Waals surface area (Å²) in [5, 5.41) is 0. The predicted molar refractivity (Wildman–Crippen MR) is 68.1 cm³/mol. The molecular weight excluding hydrogens is 204 g/mol. The Morgan fingerprint density at radius 3 is 2.67 bits per heavy atom. The van der Waals surface area contributed by atoms with Crippen LogP contribution in [0, 0.1) is 0 Å². The van der Waals surface area contributed by atoms with Gasteiger partial charge < -0.3 is 5.73 Å². The van der Waals surface area contributed by atoms with Crippen LogP contribution in [0.25, 0.3) is 0 Å². The number of anilines is 1. The van der Waals surface area contributed by atoms with Gasteiger partial charge in [-0.25, -0.2) is 4.98 Å². The Morgan fingerprint density at radius 2 is 2.00 bits per heavy atom. The van der Waals surface area contributed by atoms with E-state index >= 15 is 0 Å². The fourth-order valence-corrected chi connectivity index (χ4v) is 2.25. The van der Waals surface area contributed by atoms with E-state index in [0.29, 0.717) is 5.82 Å². The minimum absolute atomic E-state index is 0.599. The summed E-state index contributed by atoms with van der Waals surface area (Å²) >= 11 is 1.87. The van der Waals surface area contributed by atoms with Gasteiger partial charge in [-0.05, 0) is 24.3 Å². The minimum Gasteiger partial charge on any atom is -0.384 e. The molecule has 0 aliphatic rings. The van der Waals surface area contributed by atoms with Crippen LogP contribution in [0.2, 0.25) is 0 Å². The third kappa shape index (κ3) is 5.67. The largest absolute Gasteiger partial charge is 0.384 e. The van der Waals surface area contributed by atoms with Gasteiger partial charge in [-0.2, -0.15) is 0 Å². The molecule has 0 aromatic carbocycles. The van der Waals surface area contributed by atoms with Crippen LogP contribution in [0.3, 0.4) is 0 Å². The number of aromatic nitrogens is 1. The molecule has 2 N–H and O–H groups in total. The first kappa shape index (κ1) is 12.4. The van der Waals surface area contributed by atoms with Crippen molar-refractivity contribution < 1.29 is 0 Å². The minimum atomic E-state index is 0.599. The molecule has 1 aromatic rings. The third-order valence-electron chi connectivity index (χ3n) is 2.28. The van der Waals surface area contributed by atoms with Crippen molar-refractivity contribution >= 4 is 17.6 Å². The molecule has 0 fully saturated rings. The summed E-state index contributed by atoms with van der Waals surface area (Å²) in [6.07, 6.45) is 8.56. The van der Waals surface area contributed by atoms with E-state index in [1.54, 1.807) is 0 Å². The Bertz CT molecular complexity index is 259. The first-order chi connectivity index (χ1) is 7.33.